The average molecular weight is 293 g/mol. The van der Waals surface area contributed by atoms with Crippen LogP contribution in [0.5, 0.6) is 0 Å². The van der Waals surface area contributed by atoms with Gasteiger partial charge in [-0.15, -0.1) is 0 Å². The molecule has 1 aromatic rings. The third-order valence-corrected chi connectivity index (χ3v) is 2.82. The van der Waals surface area contributed by atoms with Crippen molar-refractivity contribution < 1.29 is 19.3 Å². The molecule has 4 N–H and O–H groups in total. The molecule has 1 rings (SSSR count). The zero-order valence-corrected chi connectivity index (χ0v) is 11.9. The minimum atomic E-state index is -0.654. The summed E-state index contributed by atoms with van der Waals surface area (Å²) in [5.41, 5.74) is 2.89. The van der Waals surface area contributed by atoms with Crippen LogP contribution in [0.2, 0.25) is 0 Å². The Labute approximate surface area is 123 Å². The number of hydrogen-bond acceptors (Lipinski definition) is 7. The van der Waals surface area contributed by atoms with Gasteiger partial charge < -0.3 is 9.68 Å². The normalized spacial score (nSPS) is 10.3. The minimum Gasteiger partial charge on any atom is -0.372 e. The molecule has 0 saturated carbocycles. The minimum absolute atomic E-state index is 0.145. The fourth-order valence-electron chi connectivity index (χ4n) is 1.76. The molecule has 0 atom stereocenters. The Hall–Kier alpha value is -2.22. The van der Waals surface area contributed by atoms with Gasteiger partial charge in [-0.25, -0.2) is 9.59 Å². The molecule has 0 aromatic heterocycles. The highest BCUT2D eigenvalue weighted by Crippen LogP contribution is 2.13. The summed E-state index contributed by atoms with van der Waals surface area (Å²) in [6.07, 6.45) is 0. The first-order valence-electron chi connectivity index (χ1n) is 6.22. The number of nitrogens with zero attached hydrogens (tertiary/aromatic N) is 1. The SMILES string of the molecule is C=C(C)c1ccc(CN(CC(=O)ON)CC(=O)ON)cc1. The number of hydrogen-bond donors (Lipinski definition) is 2. The lowest BCUT2D eigenvalue weighted by Crippen LogP contribution is -2.37. The third kappa shape index (κ3) is 5.74. The Morgan fingerprint density at radius 2 is 1.57 bits per heavy atom. The van der Waals surface area contributed by atoms with Crippen LogP contribution in [-0.4, -0.2) is 29.9 Å². The maximum atomic E-state index is 11.2. The molecule has 0 radical (unpaired) electrons. The fraction of sp³-hybridized carbons (Fsp3) is 0.286. The van der Waals surface area contributed by atoms with E-state index in [0.29, 0.717) is 6.54 Å². The van der Waals surface area contributed by atoms with Crippen molar-refractivity contribution in [3.05, 3.63) is 42.0 Å². The molecule has 114 valence electrons. The summed E-state index contributed by atoms with van der Waals surface area (Å²) in [5, 5.41) is 0. The molecule has 0 unspecified atom stereocenters. The number of nitrogens with two attached hydrogens (primary N) is 2. The van der Waals surface area contributed by atoms with Crippen molar-refractivity contribution in [1.29, 1.82) is 0 Å². The van der Waals surface area contributed by atoms with Gasteiger partial charge in [-0.2, -0.15) is 11.8 Å². The first-order chi connectivity index (χ1) is 9.96. The van der Waals surface area contributed by atoms with Gasteiger partial charge in [-0.05, 0) is 18.1 Å². The molecule has 0 spiro atoms. The van der Waals surface area contributed by atoms with Crippen molar-refractivity contribution >= 4 is 17.5 Å². The van der Waals surface area contributed by atoms with Crippen molar-refractivity contribution in [2.45, 2.75) is 13.5 Å². The standard InChI is InChI=1S/C14H19N3O4/c1-10(2)12-5-3-11(4-6-12)7-17(8-13(18)20-15)9-14(19)21-16/h3-6H,1,7-9,15-16H2,2H3. The molecular weight excluding hydrogens is 274 g/mol. The molecule has 0 fully saturated rings. The van der Waals surface area contributed by atoms with Crippen molar-refractivity contribution in [1.82, 2.24) is 4.90 Å². The Morgan fingerprint density at radius 3 is 1.95 bits per heavy atom. The second kappa shape index (κ2) is 8.15. The number of carbonyl (C=O) groups is 2. The smallest absolute Gasteiger partial charge is 0.338 e. The molecule has 0 saturated heterocycles. The van der Waals surface area contributed by atoms with Gasteiger partial charge in [0.15, 0.2) is 0 Å². The molecular formula is C14H19N3O4. The molecule has 0 bridgehead atoms. The molecule has 1 aromatic carbocycles. The number of benzene rings is 1. The third-order valence-electron chi connectivity index (χ3n) is 2.82. The summed E-state index contributed by atoms with van der Waals surface area (Å²) >= 11 is 0. The highest BCUT2D eigenvalue weighted by molar-refractivity contribution is 5.74. The Kier molecular flexibility index (Phi) is 6.54. The maximum Gasteiger partial charge on any atom is 0.338 e. The zero-order chi connectivity index (χ0) is 15.8. The average Bonchev–Trinajstić information content (AvgIpc) is 2.47. The van der Waals surface area contributed by atoms with Crippen molar-refractivity contribution in [3.8, 4) is 0 Å². The second-order valence-electron chi connectivity index (χ2n) is 4.60. The summed E-state index contributed by atoms with van der Waals surface area (Å²) in [6.45, 7) is 5.83. The summed E-state index contributed by atoms with van der Waals surface area (Å²) in [6, 6.07) is 7.61. The van der Waals surface area contributed by atoms with Gasteiger partial charge in [0.2, 0.25) is 0 Å². The fourth-order valence-corrected chi connectivity index (χ4v) is 1.76. The Bertz CT molecular complexity index is 495. The van der Waals surface area contributed by atoms with E-state index in [1.54, 1.807) is 0 Å². The zero-order valence-electron chi connectivity index (χ0n) is 11.9. The second-order valence-corrected chi connectivity index (χ2v) is 4.60. The van der Waals surface area contributed by atoms with Crippen LogP contribution >= 0.6 is 0 Å². The number of rotatable bonds is 7. The van der Waals surface area contributed by atoms with Crippen molar-refractivity contribution in [2.24, 2.45) is 11.8 Å². The van der Waals surface area contributed by atoms with Gasteiger partial charge in [-0.1, -0.05) is 36.4 Å². The van der Waals surface area contributed by atoms with E-state index in [-0.39, 0.29) is 13.1 Å². The van der Waals surface area contributed by atoms with Gasteiger partial charge in [-0.3, -0.25) is 4.90 Å². The van der Waals surface area contributed by atoms with Gasteiger partial charge in [0, 0.05) is 6.54 Å². The van der Waals surface area contributed by atoms with E-state index in [1.807, 2.05) is 31.2 Å². The lowest BCUT2D eigenvalue weighted by molar-refractivity contribution is -0.149. The lowest BCUT2D eigenvalue weighted by Gasteiger charge is -2.19. The lowest BCUT2D eigenvalue weighted by atomic mass is 10.1. The van der Waals surface area contributed by atoms with Crippen molar-refractivity contribution in [2.75, 3.05) is 13.1 Å². The largest absolute Gasteiger partial charge is 0.372 e. The highest BCUT2D eigenvalue weighted by atomic mass is 16.7. The molecule has 0 amide bonds. The molecule has 7 nitrogen and oxygen atoms in total. The van der Waals surface area contributed by atoms with Crippen LogP contribution in [-0.2, 0) is 25.8 Å². The Balaban J connectivity index is 2.76. The summed E-state index contributed by atoms with van der Waals surface area (Å²) in [5.74, 6) is 8.30. The van der Waals surface area contributed by atoms with Crippen LogP contribution in [0, 0.1) is 0 Å². The van der Waals surface area contributed by atoms with Crippen LogP contribution in [0.25, 0.3) is 5.57 Å². The first kappa shape index (κ1) is 16.8. The first-order valence-corrected chi connectivity index (χ1v) is 6.22. The van der Waals surface area contributed by atoms with E-state index in [1.165, 1.54) is 4.90 Å². The van der Waals surface area contributed by atoms with Crippen LogP contribution in [0.4, 0.5) is 0 Å². The van der Waals surface area contributed by atoms with Gasteiger partial charge in [0.05, 0.1) is 13.1 Å². The van der Waals surface area contributed by atoms with Crippen LogP contribution in [0.15, 0.2) is 30.8 Å². The van der Waals surface area contributed by atoms with Gasteiger partial charge >= 0.3 is 11.9 Å². The molecule has 0 heterocycles. The van der Waals surface area contributed by atoms with E-state index in [9.17, 15) is 9.59 Å². The van der Waals surface area contributed by atoms with Crippen LogP contribution in [0.3, 0.4) is 0 Å². The molecule has 7 heteroatoms. The maximum absolute atomic E-state index is 11.2. The monoisotopic (exact) mass is 293 g/mol. The molecule has 21 heavy (non-hydrogen) atoms. The highest BCUT2D eigenvalue weighted by Gasteiger charge is 2.16. The quantitative estimate of drug-likeness (QED) is 0.698. The molecule has 0 aliphatic rings. The van der Waals surface area contributed by atoms with Gasteiger partial charge in [0.1, 0.15) is 0 Å². The predicted molar refractivity (Wildman–Crippen MR) is 77.0 cm³/mol. The van der Waals surface area contributed by atoms with E-state index in [4.69, 9.17) is 11.8 Å². The van der Waals surface area contributed by atoms with Crippen molar-refractivity contribution in [3.63, 3.8) is 0 Å². The van der Waals surface area contributed by atoms with E-state index < -0.39 is 11.9 Å². The topological polar surface area (TPSA) is 108 Å². The Morgan fingerprint density at radius 1 is 1.10 bits per heavy atom. The van der Waals surface area contributed by atoms with E-state index >= 15 is 0 Å². The summed E-state index contributed by atoms with van der Waals surface area (Å²) in [7, 11) is 0. The summed E-state index contributed by atoms with van der Waals surface area (Å²) in [4.78, 5) is 32.2. The van der Waals surface area contributed by atoms with E-state index in [2.05, 4.69) is 16.3 Å². The van der Waals surface area contributed by atoms with Crippen LogP contribution in [0.1, 0.15) is 18.1 Å². The van der Waals surface area contributed by atoms with E-state index in [0.717, 1.165) is 16.7 Å². The number of allylic oxidation sites excluding steroid dienone is 1. The molecule has 0 aliphatic heterocycles. The molecule has 0 aliphatic carbocycles. The predicted octanol–water partition coefficient (Wildman–Crippen LogP) is 0.356. The van der Waals surface area contributed by atoms with Gasteiger partial charge in [0.25, 0.3) is 0 Å². The van der Waals surface area contributed by atoms with Crippen LogP contribution < -0.4 is 11.8 Å². The summed E-state index contributed by atoms with van der Waals surface area (Å²) < 4.78 is 0. The number of carbonyl (C=O) groups excluding carboxylic acids is 2.